The van der Waals surface area contributed by atoms with E-state index in [1.165, 1.54) is 17.0 Å². The van der Waals surface area contributed by atoms with Crippen molar-refractivity contribution in [3.8, 4) is 0 Å². The van der Waals surface area contributed by atoms with Gasteiger partial charge in [-0.25, -0.2) is 9.69 Å². The molecule has 166 valence electrons. The highest BCUT2D eigenvalue weighted by Crippen LogP contribution is 2.27. The predicted octanol–water partition coefficient (Wildman–Crippen LogP) is 3.23. The molecule has 0 radical (unpaired) electrons. The molecular formula is C25H26N2O5. The molecule has 2 aromatic rings. The van der Waals surface area contributed by atoms with E-state index in [9.17, 15) is 19.2 Å². The van der Waals surface area contributed by atoms with Crippen molar-refractivity contribution in [3.05, 3.63) is 65.7 Å². The molecule has 0 aromatic heterocycles. The number of anilines is 1. The first-order valence-electron chi connectivity index (χ1n) is 11.0. The summed E-state index contributed by atoms with van der Waals surface area (Å²) in [6.45, 7) is 1.32. The van der Waals surface area contributed by atoms with Crippen LogP contribution in [-0.4, -0.2) is 54.2 Å². The van der Waals surface area contributed by atoms with E-state index in [-0.39, 0.29) is 36.2 Å². The molecule has 4 rings (SSSR count). The summed E-state index contributed by atoms with van der Waals surface area (Å²) in [5.74, 6) is -1.36. The quantitative estimate of drug-likeness (QED) is 0.394. The molecule has 0 spiro atoms. The Morgan fingerprint density at radius 2 is 1.50 bits per heavy atom. The van der Waals surface area contributed by atoms with Crippen LogP contribution < -0.4 is 4.90 Å². The van der Waals surface area contributed by atoms with Gasteiger partial charge >= 0.3 is 5.97 Å². The van der Waals surface area contributed by atoms with Crippen LogP contribution in [0.3, 0.4) is 0 Å². The van der Waals surface area contributed by atoms with Crippen molar-refractivity contribution in [2.75, 3.05) is 24.6 Å². The largest absolute Gasteiger partial charge is 0.454 e. The number of carbonyl (C=O) groups is 4. The number of hydrogen-bond acceptors (Lipinski definition) is 6. The Labute approximate surface area is 187 Å². The Morgan fingerprint density at radius 3 is 2.16 bits per heavy atom. The lowest BCUT2D eigenvalue weighted by Gasteiger charge is -2.25. The zero-order chi connectivity index (χ0) is 22.5. The Morgan fingerprint density at radius 1 is 0.844 bits per heavy atom. The smallest absolute Gasteiger partial charge is 0.338 e. The fourth-order valence-electron chi connectivity index (χ4n) is 4.25. The molecule has 0 bridgehead atoms. The van der Waals surface area contributed by atoms with Crippen LogP contribution >= 0.6 is 0 Å². The minimum atomic E-state index is -0.637. The molecule has 0 aliphatic carbocycles. The molecule has 2 amide bonds. The van der Waals surface area contributed by atoms with Crippen molar-refractivity contribution in [2.24, 2.45) is 0 Å². The molecule has 7 nitrogen and oxygen atoms in total. The summed E-state index contributed by atoms with van der Waals surface area (Å²) in [5.41, 5.74) is 1.16. The number of likely N-dealkylation sites (tertiary alicyclic amines) is 1. The Bertz CT molecular complexity index is 995. The molecule has 1 unspecified atom stereocenters. The summed E-state index contributed by atoms with van der Waals surface area (Å²) in [5, 5.41) is 0. The van der Waals surface area contributed by atoms with Crippen LogP contribution in [0.4, 0.5) is 5.69 Å². The lowest BCUT2D eigenvalue weighted by molar-refractivity contribution is -0.122. The first kappa shape index (κ1) is 21.9. The van der Waals surface area contributed by atoms with Gasteiger partial charge in [-0.15, -0.1) is 0 Å². The van der Waals surface area contributed by atoms with E-state index in [1.807, 2.05) is 0 Å². The van der Waals surface area contributed by atoms with E-state index >= 15 is 0 Å². The Hall–Kier alpha value is -3.32. The topological polar surface area (TPSA) is 84.0 Å². The molecule has 2 saturated heterocycles. The van der Waals surface area contributed by atoms with Crippen molar-refractivity contribution >= 4 is 29.3 Å². The van der Waals surface area contributed by atoms with Gasteiger partial charge in [-0.1, -0.05) is 43.2 Å². The number of benzene rings is 2. The van der Waals surface area contributed by atoms with E-state index in [0.717, 1.165) is 38.8 Å². The molecule has 2 aromatic carbocycles. The average molecular weight is 434 g/mol. The standard InChI is InChI=1S/C25H26N2O5/c28-22(18-8-4-3-5-9-18)17-32-25(31)19-10-12-20(13-11-19)27-23(29)16-21(24(27)30)26-14-6-1-2-7-15-26/h3-5,8-13,21H,1-2,6-7,14-17H2. The van der Waals surface area contributed by atoms with Gasteiger partial charge in [-0.2, -0.15) is 0 Å². The monoisotopic (exact) mass is 434 g/mol. The van der Waals surface area contributed by atoms with Gasteiger partial charge < -0.3 is 4.74 Å². The van der Waals surface area contributed by atoms with Crippen LogP contribution in [0, 0.1) is 0 Å². The lowest BCUT2D eigenvalue weighted by Crippen LogP contribution is -2.42. The third-order valence-corrected chi connectivity index (χ3v) is 6.00. The molecule has 2 fully saturated rings. The first-order chi connectivity index (χ1) is 15.5. The number of esters is 1. The molecule has 1 atom stereocenters. The van der Waals surface area contributed by atoms with Crippen LogP contribution in [0.25, 0.3) is 0 Å². The van der Waals surface area contributed by atoms with Gasteiger partial charge in [-0.05, 0) is 50.2 Å². The van der Waals surface area contributed by atoms with Crippen molar-refractivity contribution < 1.29 is 23.9 Å². The molecule has 0 saturated carbocycles. The van der Waals surface area contributed by atoms with Gasteiger partial charge in [0.1, 0.15) is 0 Å². The number of hydrogen-bond donors (Lipinski definition) is 0. The summed E-state index contributed by atoms with van der Waals surface area (Å²) in [6, 6.07) is 14.3. The van der Waals surface area contributed by atoms with Crippen LogP contribution in [0.5, 0.6) is 0 Å². The summed E-state index contributed by atoms with van der Waals surface area (Å²) in [4.78, 5) is 53.3. The third kappa shape index (κ3) is 4.78. The number of carbonyl (C=O) groups excluding carboxylic acids is 4. The number of ether oxygens (including phenoxy) is 1. The van der Waals surface area contributed by atoms with Crippen molar-refractivity contribution in [1.29, 1.82) is 0 Å². The predicted molar refractivity (Wildman–Crippen MR) is 118 cm³/mol. The fourth-order valence-corrected chi connectivity index (χ4v) is 4.25. The van der Waals surface area contributed by atoms with Gasteiger partial charge in [-0.3, -0.25) is 19.3 Å². The Balaban J connectivity index is 1.38. The van der Waals surface area contributed by atoms with E-state index in [0.29, 0.717) is 11.3 Å². The molecule has 0 N–H and O–H groups in total. The number of imide groups is 1. The van der Waals surface area contributed by atoms with Gasteiger partial charge in [0.15, 0.2) is 12.4 Å². The van der Waals surface area contributed by atoms with Gasteiger partial charge in [0.25, 0.3) is 5.91 Å². The molecule has 2 aliphatic rings. The van der Waals surface area contributed by atoms with Crippen molar-refractivity contribution in [2.45, 2.75) is 38.1 Å². The maximum absolute atomic E-state index is 13.0. The van der Waals surface area contributed by atoms with Crippen LogP contribution in [-0.2, 0) is 14.3 Å². The number of ketones is 1. The third-order valence-electron chi connectivity index (χ3n) is 6.00. The van der Waals surface area contributed by atoms with Gasteiger partial charge in [0.2, 0.25) is 5.91 Å². The average Bonchev–Trinajstić information content (AvgIpc) is 2.99. The summed E-state index contributed by atoms with van der Waals surface area (Å²) in [7, 11) is 0. The van der Waals surface area contributed by atoms with E-state index in [4.69, 9.17) is 4.74 Å². The van der Waals surface area contributed by atoms with E-state index in [1.54, 1.807) is 42.5 Å². The summed E-state index contributed by atoms with van der Waals surface area (Å²) < 4.78 is 5.12. The maximum Gasteiger partial charge on any atom is 0.338 e. The van der Waals surface area contributed by atoms with Crippen LogP contribution in [0.15, 0.2) is 54.6 Å². The minimum absolute atomic E-state index is 0.185. The highest BCUT2D eigenvalue weighted by Gasteiger charge is 2.42. The zero-order valence-electron chi connectivity index (χ0n) is 17.9. The van der Waals surface area contributed by atoms with Crippen LogP contribution in [0.2, 0.25) is 0 Å². The Kier molecular flexibility index (Phi) is 6.75. The van der Waals surface area contributed by atoms with Gasteiger partial charge in [0.05, 0.1) is 23.7 Å². The summed E-state index contributed by atoms with van der Waals surface area (Å²) >= 11 is 0. The second kappa shape index (κ2) is 9.87. The molecule has 7 heteroatoms. The SMILES string of the molecule is O=C(COC(=O)c1ccc(N2C(=O)CC(N3CCCCCC3)C2=O)cc1)c1ccccc1. The number of amides is 2. The molecule has 2 heterocycles. The highest BCUT2D eigenvalue weighted by molar-refractivity contribution is 6.22. The lowest BCUT2D eigenvalue weighted by atomic mass is 10.1. The maximum atomic E-state index is 13.0. The second-order valence-electron chi connectivity index (χ2n) is 8.15. The summed E-state index contributed by atoms with van der Waals surface area (Å²) in [6.07, 6.45) is 4.58. The molecule has 32 heavy (non-hydrogen) atoms. The number of Topliss-reactive ketones (excluding diaryl/α,β-unsaturated/α-hetero) is 1. The zero-order valence-corrected chi connectivity index (χ0v) is 17.9. The molecular weight excluding hydrogens is 408 g/mol. The van der Waals surface area contributed by atoms with Crippen LogP contribution in [0.1, 0.15) is 52.8 Å². The van der Waals surface area contributed by atoms with Crippen molar-refractivity contribution in [1.82, 2.24) is 4.90 Å². The molecule has 2 aliphatic heterocycles. The minimum Gasteiger partial charge on any atom is -0.454 e. The first-order valence-corrected chi connectivity index (χ1v) is 11.0. The second-order valence-corrected chi connectivity index (χ2v) is 8.15. The fraction of sp³-hybridized carbons (Fsp3) is 0.360. The van der Waals surface area contributed by atoms with E-state index in [2.05, 4.69) is 4.90 Å². The van der Waals surface area contributed by atoms with Gasteiger partial charge in [0, 0.05) is 5.56 Å². The van der Waals surface area contributed by atoms with Crippen molar-refractivity contribution in [3.63, 3.8) is 0 Å². The number of nitrogens with zero attached hydrogens (tertiary/aromatic N) is 2. The highest BCUT2D eigenvalue weighted by atomic mass is 16.5. The number of rotatable bonds is 6. The normalized spacial score (nSPS) is 19.6. The van der Waals surface area contributed by atoms with E-state index < -0.39 is 12.0 Å².